The standard InChI is InChI=1S/C7H7NO.C4H8O3/c8-7(9)6-4-2-1-3-5-6;1-2-3-4(5)7-6/h1-5H,(H2,8,9);6H,2-3H2,1H3. The molecule has 0 aliphatic rings. The van der Waals surface area contributed by atoms with Crippen LogP contribution in [-0.2, 0) is 9.68 Å². The number of hydrogen-bond donors (Lipinski definition) is 2. The summed E-state index contributed by atoms with van der Waals surface area (Å²) < 4.78 is 0. The predicted molar refractivity (Wildman–Crippen MR) is 58.6 cm³/mol. The molecule has 0 aliphatic heterocycles. The molecule has 0 heterocycles. The van der Waals surface area contributed by atoms with E-state index in [0.29, 0.717) is 12.0 Å². The van der Waals surface area contributed by atoms with Crippen molar-refractivity contribution in [3.05, 3.63) is 35.9 Å². The van der Waals surface area contributed by atoms with Crippen molar-refractivity contribution in [3.8, 4) is 0 Å². The smallest absolute Gasteiger partial charge is 0.342 e. The number of carbonyl (C=O) groups excluding carboxylic acids is 2. The Bertz CT molecular complexity index is 324. The molecular weight excluding hydrogens is 210 g/mol. The van der Waals surface area contributed by atoms with Gasteiger partial charge in [0.05, 0.1) is 0 Å². The minimum atomic E-state index is -0.567. The third kappa shape index (κ3) is 6.56. The van der Waals surface area contributed by atoms with Crippen LogP contribution in [0.2, 0.25) is 0 Å². The number of amides is 1. The number of carbonyl (C=O) groups is 2. The first-order valence-electron chi connectivity index (χ1n) is 4.80. The largest absolute Gasteiger partial charge is 0.366 e. The molecule has 0 unspecified atom stereocenters. The molecule has 1 aromatic carbocycles. The third-order valence-electron chi connectivity index (χ3n) is 1.61. The number of rotatable bonds is 3. The molecule has 0 saturated heterocycles. The second-order valence-electron chi connectivity index (χ2n) is 2.94. The van der Waals surface area contributed by atoms with Crippen LogP contribution in [0.4, 0.5) is 0 Å². The SMILES string of the molecule is CCCC(=O)OO.NC(=O)c1ccccc1. The van der Waals surface area contributed by atoms with E-state index in [-0.39, 0.29) is 12.3 Å². The second kappa shape index (κ2) is 8.43. The second-order valence-corrected chi connectivity index (χ2v) is 2.94. The Morgan fingerprint density at radius 3 is 2.12 bits per heavy atom. The highest BCUT2D eigenvalue weighted by atomic mass is 17.1. The molecule has 16 heavy (non-hydrogen) atoms. The van der Waals surface area contributed by atoms with Crippen LogP contribution >= 0.6 is 0 Å². The highest BCUT2D eigenvalue weighted by molar-refractivity contribution is 5.92. The third-order valence-corrected chi connectivity index (χ3v) is 1.61. The van der Waals surface area contributed by atoms with Gasteiger partial charge < -0.3 is 10.6 Å². The first-order chi connectivity index (χ1) is 7.61. The average Bonchev–Trinajstić information content (AvgIpc) is 2.31. The lowest BCUT2D eigenvalue weighted by Gasteiger charge is -1.89. The highest BCUT2D eigenvalue weighted by Gasteiger charge is 1.95. The van der Waals surface area contributed by atoms with E-state index >= 15 is 0 Å². The van der Waals surface area contributed by atoms with Crippen LogP contribution in [0, 0.1) is 0 Å². The molecule has 1 rings (SSSR count). The fraction of sp³-hybridized carbons (Fsp3) is 0.273. The van der Waals surface area contributed by atoms with Crippen molar-refractivity contribution in [2.45, 2.75) is 19.8 Å². The zero-order valence-corrected chi connectivity index (χ0v) is 9.05. The molecule has 1 aromatic rings. The van der Waals surface area contributed by atoms with Gasteiger partial charge in [-0.15, -0.1) is 0 Å². The van der Waals surface area contributed by atoms with Crippen molar-refractivity contribution < 1.29 is 19.7 Å². The van der Waals surface area contributed by atoms with E-state index in [1.165, 1.54) is 0 Å². The van der Waals surface area contributed by atoms with Gasteiger partial charge in [0.25, 0.3) is 0 Å². The molecule has 0 aliphatic carbocycles. The van der Waals surface area contributed by atoms with Crippen LogP contribution in [0.15, 0.2) is 30.3 Å². The van der Waals surface area contributed by atoms with Gasteiger partial charge in [0.15, 0.2) is 0 Å². The minimum absolute atomic E-state index is 0.288. The Kier molecular flexibility index (Phi) is 7.44. The molecule has 0 bridgehead atoms. The Labute approximate surface area is 93.8 Å². The minimum Gasteiger partial charge on any atom is -0.366 e. The molecule has 0 atom stereocenters. The van der Waals surface area contributed by atoms with Crippen LogP contribution in [-0.4, -0.2) is 17.1 Å². The van der Waals surface area contributed by atoms with Gasteiger partial charge >= 0.3 is 5.97 Å². The zero-order chi connectivity index (χ0) is 12.4. The van der Waals surface area contributed by atoms with Gasteiger partial charge in [-0.1, -0.05) is 25.1 Å². The van der Waals surface area contributed by atoms with E-state index in [2.05, 4.69) is 4.89 Å². The van der Waals surface area contributed by atoms with E-state index < -0.39 is 5.97 Å². The van der Waals surface area contributed by atoms with Crippen molar-refractivity contribution in [2.75, 3.05) is 0 Å². The molecule has 1 amide bonds. The average molecular weight is 225 g/mol. The van der Waals surface area contributed by atoms with E-state index in [1.54, 1.807) is 24.3 Å². The molecule has 0 spiro atoms. The highest BCUT2D eigenvalue weighted by Crippen LogP contribution is 1.94. The summed E-state index contributed by atoms with van der Waals surface area (Å²) in [7, 11) is 0. The van der Waals surface area contributed by atoms with Crippen molar-refractivity contribution in [2.24, 2.45) is 5.73 Å². The van der Waals surface area contributed by atoms with E-state index in [4.69, 9.17) is 11.0 Å². The molecule has 0 radical (unpaired) electrons. The summed E-state index contributed by atoms with van der Waals surface area (Å²) in [5.41, 5.74) is 5.53. The summed E-state index contributed by atoms with van der Waals surface area (Å²) in [4.78, 5) is 23.7. The lowest BCUT2D eigenvalue weighted by atomic mass is 10.2. The van der Waals surface area contributed by atoms with E-state index in [9.17, 15) is 9.59 Å². The van der Waals surface area contributed by atoms with Gasteiger partial charge in [0, 0.05) is 12.0 Å². The lowest BCUT2D eigenvalue weighted by molar-refractivity contribution is -0.234. The van der Waals surface area contributed by atoms with Crippen LogP contribution in [0.3, 0.4) is 0 Å². The van der Waals surface area contributed by atoms with Gasteiger partial charge in [-0.25, -0.2) is 4.79 Å². The van der Waals surface area contributed by atoms with Crippen LogP contribution < -0.4 is 5.73 Å². The molecule has 0 saturated carbocycles. The number of benzene rings is 1. The summed E-state index contributed by atoms with van der Waals surface area (Å²) in [5, 5.41) is 7.62. The summed E-state index contributed by atoms with van der Waals surface area (Å²) in [5.74, 6) is -0.946. The summed E-state index contributed by atoms with van der Waals surface area (Å²) in [6.45, 7) is 1.83. The maximum atomic E-state index is 10.4. The number of hydrogen-bond acceptors (Lipinski definition) is 4. The molecular formula is C11H15NO4. The van der Waals surface area contributed by atoms with Gasteiger partial charge in [0.2, 0.25) is 5.91 Å². The quantitative estimate of drug-likeness (QED) is 0.603. The molecule has 5 nitrogen and oxygen atoms in total. The van der Waals surface area contributed by atoms with Crippen LogP contribution in [0.5, 0.6) is 0 Å². The van der Waals surface area contributed by atoms with Crippen molar-refractivity contribution in [1.29, 1.82) is 0 Å². The number of primary amides is 1. The van der Waals surface area contributed by atoms with Crippen LogP contribution in [0.25, 0.3) is 0 Å². The zero-order valence-electron chi connectivity index (χ0n) is 9.05. The predicted octanol–water partition coefficient (Wildman–Crippen LogP) is 1.59. The van der Waals surface area contributed by atoms with E-state index in [0.717, 1.165) is 0 Å². The summed E-state index contributed by atoms with van der Waals surface area (Å²) >= 11 is 0. The lowest BCUT2D eigenvalue weighted by Crippen LogP contribution is -2.09. The first-order valence-corrected chi connectivity index (χ1v) is 4.80. The van der Waals surface area contributed by atoms with Gasteiger partial charge in [-0.2, -0.15) is 5.26 Å². The monoisotopic (exact) mass is 225 g/mol. The van der Waals surface area contributed by atoms with Gasteiger partial charge in [0.1, 0.15) is 0 Å². The van der Waals surface area contributed by atoms with Crippen molar-refractivity contribution in [3.63, 3.8) is 0 Å². The summed E-state index contributed by atoms with van der Waals surface area (Å²) in [6.07, 6.45) is 0.996. The molecule has 88 valence electrons. The summed E-state index contributed by atoms with van der Waals surface area (Å²) in [6, 6.07) is 8.76. The Hall–Kier alpha value is -1.88. The molecule has 0 fully saturated rings. The number of nitrogens with two attached hydrogens (primary N) is 1. The van der Waals surface area contributed by atoms with Gasteiger partial charge in [-0.05, 0) is 18.6 Å². The fourth-order valence-electron chi connectivity index (χ4n) is 0.852. The van der Waals surface area contributed by atoms with Crippen molar-refractivity contribution in [1.82, 2.24) is 0 Å². The Morgan fingerprint density at radius 2 is 1.88 bits per heavy atom. The van der Waals surface area contributed by atoms with Gasteiger partial charge in [-0.3, -0.25) is 4.79 Å². The normalized spacial score (nSPS) is 8.62. The van der Waals surface area contributed by atoms with E-state index in [1.807, 2.05) is 13.0 Å². The Morgan fingerprint density at radius 1 is 1.31 bits per heavy atom. The maximum Gasteiger partial charge on any atom is 0.342 e. The fourth-order valence-corrected chi connectivity index (χ4v) is 0.852. The molecule has 0 aromatic heterocycles. The molecule has 3 N–H and O–H groups in total. The Balaban J connectivity index is 0.000000293. The van der Waals surface area contributed by atoms with Crippen molar-refractivity contribution >= 4 is 11.9 Å². The van der Waals surface area contributed by atoms with Crippen LogP contribution in [0.1, 0.15) is 30.1 Å². The maximum absolute atomic E-state index is 10.4. The first kappa shape index (κ1) is 14.1. The molecule has 5 heteroatoms. The topological polar surface area (TPSA) is 89.6 Å².